The highest BCUT2D eigenvalue weighted by Gasteiger charge is 2.19. The molecular formula is C13H9N3OS. The minimum atomic E-state index is -1.30. The van der Waals surface area contributed by atoms with Crippen molar-refractivity contribution in [2.24, 2.45) is 0 Å². The van der Waals surface area contributed by atoms with Gasteiger partial charge >= 0.3 is 0 Å². The topological polar surface area (TPSA) is 47.3 Å². The van der Waals surface area contributed by atoms with E-state index in [2.05, 4.69) is 10.1 Å². The highest BCUT2D eigenvalue weighted by molar-refractivity contribution is 7.85. The van der Waals surface area contributed by atoms with Crippen molar-refractivity contribution >= 4 is 16.3 Å². The second-order valence-corrected chi connectivity index (χ2v) is 5.60. The Morgan fingerprint density at radius 3 is 3.00 bits per heavy atom. The zero-order chi connectivity index (χ0) is 12.1. The molecule has 1 aromatic carbocycles. The van der Waals surface area contributed by atoms with E-state index in [4.69, 9.17) is 0 Å². The molecule has 88 valence electrons. The summed E-state index contributed by atoms with van der Waals surface area (Å²) in [6.45, 7) is 0. The summed E-state index contributed by atoms with van der Waals surface area (Å²) in [5.74, 6) is 0. The quantitative estimate of drug-likeness (QED) is 0.481. The first-order chi connectivity index (χ1) is 8.83. The third-order valence-corrected chi connectivity index (χ3v) is 4.48. The predicted molar refractivity (Wildman–Crippen MR) is 66.9 cm³/mol. The molecule has 0 saturated carbocycles. The standard InChI is InChI=1S/C13H9N3OS/c17-18-12-4-2-1-3-9(12)7-10-5-6-11-8-14-13(18)15-16(10)11/h1-6,8H,7H2. The molecule has 5 heteroatoms. The average molecular weight is 255 g/mol. The van der Waals surface area contributed by atoms with E-state index in [1.54, 1.807) is 6.20 Å². The van der Waals surface area contributed by atoms with E-state index in [0.717, 1.165) is 28.1 Å². The summed E-state index contributed by atoms with van der Waals surface area (Å²) in [5.41, 5.74) is 3.11. The van der Waals surface area contributed by atoms with E-state index in [-0.39, 0.29) is 0 Å². The van der Waals surface area contributed by atoms with Crippen molar-refractivity contribution in [1.82, 2.24) is 14.6 Å². The van der Waals surface area contributed by atoms with Crippen molar-refractivity contribution in [2.45, 2.75) is 16.5 Å². The van der Waals surface area contributed by atoms with Gasteiger partial charge in [0.1, 0.15) is 10.8 Å². The van der Waals surface area contributed by atoms with Crippen LogP contribution in [0.1, 0.15) is 11.3 Å². The molecule has 0 fully saturated rings. The van der Waals surface area contributed by atoms with Crippen LogP contribution in [0.4, 0.5) is 0 Å². The first-order valence-corrected chi connectivity index (χ1v) is 6.81. The third kappa shape index (κ3) is 1.28. The van der Waals surface area contributed by atoms with Crippen molar-refractivity contribution in [3.05, 3.63) is 53.9 Å². The molecule has 3 heterocycles. The maximum Gasteiger partial charge on any atom is 0.242 e. The van der Waals surface area contributed by atoms with E-state index >= 15 is 0 Å². The molecule has 0 amide bonds. The molecule has 0 saturated heterocycles. The predicted octanol–water partition coefficient (Wildman–Crippen LogP) is 1.80. The first-order valence-electron chi connectivity index (χ1n) is 5.66. The third-order valence-electron chi connectivity index (χ3n) is 3.17. The molecule has 4 nitrogen and oxygen atoms in total. The zero-order valence-corrected chi connectivity index (χ0v) is 10.2. The molecule has 0 aliphatic carbocycles. The van der Waals surface area contributed by atoms with Crippen LogP contribution in [0.2, 0.25) is 0 Å². The van der Waals surface area contributed by atoms with Gasteiger partial charge in [-0.1, -0.05) is 18.2 Å². The minimum absolute atomic E-state index is 0.368. The Balaban J connectivity index is 2.11. The Bertz CT molecular complexity index is 794. The SMILES string of the molecule is O=S1c2ncc3ccc(n3n2)Cc2ccccc21. The largest absolute Gasteiger partial charge is 0.246 e. The van der Waals surface area contributed by atoms with Gasteiger partial charge in [0.25, 0.3) is 0 Å². The van der Waals surface area contributed by atoms with Crippen LogP contribution in [0.25, 0.3) is 5.52 Å². The number of aromatic nitrogens is 3. The fourth-order valence-corrected chi connectivity index (χ4v) is 3.37. The average Bonchev–Trinajstić information content (AvgIpc) is 2.79. The van der Waals surface area contributed by atoms with E-state index in [0.29, 0.717) is 5.16 Å². The van der Waals surface area contributed by atoms with Crippen LogP contribution < -0.4 is 0 Å². The molecule has 1 atom stereocenters. The van der Waals surface area contributed by atoms with Crippen LogP contribution >= 0.6 is 0 Å². The lowest BCUT2D eigenvalue weighted by atomic mass is 10.1. The fourth-order valence-electron chi connectivity index (χ4n) is 2.28. The highest BCUT2D eigenvalue weighted by atomic mass is 32.2. The van der Waals surface area contributed by atoms with Crippen molar-refractivity contribution in [1.29, 1.82) is 0 Å². The van der Waals surface area contributed by atoms with Gasteiger partial charge in [-0.15, -0.1) is 5.10 Å². The lowest BCUT2D eigenvalue weighted by Crippen LogP contribution is -2.11. The van der Waals surface area contributed by atoms with Gasteiger partial charge in [-0.25, -0.2) is 13.7 Å². The van der Waals surface area contributed by atoms with Crippen molar-refractivity contribution in [3.63, 3.8) is 0 Å². The molecule has 18 heavy (non-hydrogen) atoms. The second kappa shape index (κ2) is 3.49. The van der Waals surface area contributed by atoms with Gasteiger partial charge in [-0.2, -0.15) is 0 Å². The van der Waals surface area contributed by atoms with Gasteiger partial charge in [0.15, 0.2) is 0 Å². The molecule has 1 aliphatic rings. The molecule has 4 rings (SSSR count). The van der Waals surface area contributed by atoms with Crippen LogP contribution in [-0.4, -0.2) is 18.8 Å². The van der Waals surface area contributed by atoms with Gasteiger partial charge in [0, 0.05) is 12.1 Å². The molecule has 3 aromatic rings. The van der Waals surface area contributed by atoms with Crippen LogP contribution in [0.3, 0.4) is 0 Å². The Morgan fingerprint density at radius 1 is 1.17 bits per heavy atom. The van der Waals surface area contributed by atoms with Crippen LogP contribution in [0, 0.1) is 0 Å². The molecule has 0 spiro atoms. The summed E-state index contributed by atoms with van der Waals surface area (Å²) >= 11 is 0. The number of fused-ring (bicyclic) bond motifs is 2. The maximum absolute atomic E-state index is 12.4. The summed E-state index contributed by atoms with van der Waals surface area (Å²) in [6.07, 6.45) is 2.46. The summed E-state index contributed by atoms with van der Waals surface area (Å²) < 4.78 is 14.3. The van der Waals surface area contributed by atoms with Gasteiger partial charge in [0.2, 0.25) is 5.16 Å². The number of hydrogen-bond donors (Lipinski definition) is 0. The maximum atomic E-state index is 12.4. The van der Waals surface area contributed by atoms with Crippen LogP contribution in [0.15, 0.2) is 52.6 Å². The van der Waals surface area contributed by atoms with Gasteiger partial charge in [0.05, 0.1) is 16.6 Å². The monoisotopic (exact) mass is 255 g/mol. The Hall–Kier alpha value is -2.01. The fraction of sp³-hybridized carbons (Fsp3) is 0.0769. The first kappa shape index (κ1) is 9.96. The van der Waals surface area contributed by atoms with Crippen LogP contribution in [0.5, 0.6) is 0 Å². The molecule has 2 aromatic heterocycles. The van der Waals surface area contributed by atoms with E-state index in [1.165, 1.54) is 0 Å². The summed E-state index contributed by atoms with van der Waals surface area (Å²) in [5, 5.41) is 4.73. The number of rotatable bonds is 0. The van der Waals surface area contributed by atoms with Crippen molar-refractivity contribution < 1.29 is 4.21 Å². The Kier molecular flexibility index (Phi) is 1.93. The van der Waals surface area contributed by atoms with E-state index in [9.17, 15) is 4.21 Å². The second-order valence-electron chi connectivity index (χ2n) is 4.26. The molecular weight excluding hydrogens is 246 g/mol. The van der Waals surface area contributed by atoms with Gasteiger partial charge in [-0.3, -0.25) is 0 Å². The summed E-state index contributed by atoms with van der Waals surface area (Å²) in [6, 6.07) is 11.8. The minimum Gasteiger partial charge on any atom is -0.246 e. The number of hydrogen-bond acceptors (Lipinski definition) is 3. The molecule has 2 bridgehead atoms. The zero-order valence-electron chi connectivity index (χ0n) is 9.41. The summed E-state index contributed by atoms with van der Waals surface area (Å²) in [4.78, 5) is 5.00. The number of nitrogens with zero attached hydrogens (tertiary/aromatic N) is 3. The van der Waals surface area contributed by atoms with Gasteiger partial charge < -0.3 is 0 Å². The van der Waals surface area contributed by atoms with Gasteiger partial charge in [-0.05, 0) is 23.8 Å². The summed E-state index contributed by atoms with van der Waals surface area (Å²) in [7, 11) is -1.30. The Labute approximate surface area is 106 Å². The van der Waals surface area contributed by atoms with E-state index in [1.807, 2.05) is 40.9 Å². The molecule has 0 radical (unpaired) electrons. The lowest BCUT2D eigenvalue weighted by molar-refractivity contribution is 0.661. The molecule has 1 aliphatic heterocycles. The highest BCUT2D eigenvalue weighted by Crippen LogP contribution is 2.24. The lowest BCUT2D eigenvalue weighted by Gasteiger charge is -2.12. The Morgan fingerprint density at radius 2 is 2.06 bits per heavy atom. The van der Waals surface area contributed by atoms with Crippen molar-refractivity contribution in [3.8, 4) is 0 Å². The number of benzene rings is 1. The van der Waals surface area contributed by atoms with Crippen molar-refractivity contribution in [2.75, 3.05) is 0 Å². The normalized spacial score (nSPS) is 17.4. The van der Waals surface area contributed by atoms with E-state index < -0.39 is 10.8 Å². The van der Waals surface area contributed by atoms with Crippen LogP contribution in [-0.2, 0) is 17.2 Å². The smallest absolute Gasteiger partial charge is 0.242 e. The molecule has 1 unspecified atom stereocenters. The molecule has 0 N–H and O–H groups in total.